The molecule has 1 aromatic heterocycles. The number of carbonyl (C=O) groups is 2. The number of rotatable bonds is 7. The number of urea groups is 1. The van der Waals surface area contributed by atoms with E-state index in [4.69, 9.17) is 4.74 Å². The van der Waals surface area contributed by atoms with E-state index in [0.717, 1.165) is 5.56 Å². The minimum Gasteiger partial charge on any atom is -0.494 e. The van der Waals surface area contributed by atoms with Crippen molar-refractivity contribution in [3.8, 4) is 5.75 Å². The number of hydrogen-bond acceptors (Lipinski definition) is 4. The first-order chi connectivity index (χ1) is 12.1. The molecule has 0 radical (unpaired) electrons. The van der Waals surface area contributed by atoms with Crippen molar-refractivity contribution in [1.82, 2.24) is 15.6 Å². The Morgan fingerprint density at radius 1 is 1.16 bits per heavy atom. The maximum Gasteiger partial charge on any atom is 0.319 e. The summed E-state index contributed by atoms with van der Waals surface area (Å²) in [5.41, 5.74) is 1.28. The van der Waals surface area contributed by atoms with E-state index in [-0.39, 0.29) is 24.6 Å². The fourth-order valence-electron chi connectivity index (χ4n) is 2.01. The van der Waals surface area contributed by atoms with Gasteiger partial charge in [0.2, 0.25) is 5.91 Å². The van der Waals surface area contributed by atoms with Gasteiger partial charge < -0.3 is 20.7 Å². The van der Waals surface area contributed by atoms with Gasteiger partial charge in [-0.2, -0.15) is 0 Å². The Kier molecular flexibility index (Phi) is 6.70. The first-order valence-electron chi connectivity index (χ1n) is 7.62. The fourth-order valence-corrected chi connectivity index (χ4v) is 2.01. The molecule has 1 aromatic carbocycles. The van der Waals surface area contributed by atoms with Crippen LogP contribution in [0.25, 0.3) is 0 Å². The summed E-state index contributed by atoms with van der Waals surface area (Å²) in [7, 11) is 1.38. The number of aromatic nitrogens is 1. The quantitative estimate of drug-likeness (QED) is 0.715. The van der Waals surface area contributed by atoms with Crippen molar-refractivity contribution in [2.45, 2.75) is 13.0 Å². The fraction of sp³-hybridized carbons (Fsp3) is 0.235. The molecule has 2 aromatic rings. The van der Waals surface area contributed by atoms with E-state index in [2.05, 4.69) is 20.9 Å². The lowest BCUT2D eigenvalue weighted by atomic mass is 10.2. The lowest BCUT2D eigenvalue weighted by Crippen LogP contribution is -2.33. The molecule has 0 aliphatic carbocycles. The summed E-state index contributed by atoms with van der Waals surface area (Å²) in [6.07, 6.45) is 3.44. The van der Waals surface area contributed by atoms with Crippen molar-refractivity contribution in [1.29, 1.82) is 0 Å². The third kappa shape index (κ3) is 6.09. The monoisotopic (exact) mass is 346 g/mol. The highest BCUT2D eigenvalue weighted by atomic mass is 19.1. The highest BCUT2D eigenvalue weighted by Gasteiger charge is 2.09. The van der Waals surface area contributed by atoms with Crippen LogP contribution in [0.4, 0.5) is 14.9 Å². The Morgan fingerprint density at radius 2 is 1.92 bits per heavy atom. The third-order valence-electron chi connectivity index (χ3n) is 3.29. The number of nitrogens with one attached hydrogen (secondary N) is 3. The van der Waals surface area contributed by atoms with Crippen molar-refractivity contribution in [2.75, 3.05) is 19.0 Å². The van der Waals surface area contributed by atoms with Crippen molar-refractivity contribution in [3.63, 3.8) is 0 Å². The molecule has 0 fully saturated rings. The zero-order valence-electron chi connectivity index (χ0n) is 13.7. The number of carbonyl (C=O) groups excluding carboxylic acids is 2. The molecule has 0 atom stereocenters. The molecule has 0 bridgehead atoms. The lowest BCUT2D eigenvalue weighted by Gasteiger charge is -2.11. The molecule has 0 aliphatic heterocycles. The van der Waals surface area contributed by atoms with Gasteiger partial charge in [0.15, 0.2) is 0 Å². The predicted octanol–water partition coefficient (Wildman–Crippen LogP) is 2.06. The molecule has 2 rings (SSSR count). The molecule has 7 nitrogen and oxygen atoms in total. The van der Waals surface area contributed by atoms with Crippen LogP contribution in [0.1, 0.15) is 12.0 Å². The van der Waals surface area contributed by atoms with E-state index in [1.807, 2.05) is 12.1 Å². The topological polar surface area (TPSA) is 92.4 Å². The average molecular weight is 346 g/mol. The van der Waals surface area contributed by atoms with Crippen LogP contribution in [0, 0.1) is 5.82 Å². The molecular weight excluding hydrogens is 327 g/mol. The van der Waals surface area contributed by atoms with Gasteiger partial charge in [0, 0.05) is 38.0 Å². The summed E-state index contributed by atoms with van der Waals surface area (Å²) in [5, 5.41) is 7.84. The van der Waals surface area contributed by atoms with E-state index in [1.165, 1.54) is 25.3 Å². The second kappa shape index (κ2) is 9.21. The molecule has 0 aliphatic rings. The van der Waals surface area contributed by atoms with Gasteiger partial charge in [-0.05, 0) is 29.8 Å². The highest BCUT2D eigenvalue weighted by molar-refractivity contribution is 5.91. The second-order valence-electron chi connectivity index (χ2n) is 5.11. The van der Waals surface area contributed by atoms with Gasteiger partial charge in [0.05, 0.1) is 12.8 Å². The van der Waals surface area contributed by atoms with Crippen LogP contribution in [0.3, 0.4) is 0 Å². The van der Waals surface area contributed by atoms with E-state index >= 15 is 0 Å². The van der Waals surface area contributed by atoms with Crippen LogP contribution in [0.15, 0.2) is 42.7 Å². The average Bonchev–Trinajstić information content (AvgIpc) is 2.62. The summed E-state index contributed by atoms with van der Waals surface area (Å²) in [6.45, 7) is 0.567. The highest BCUT2D eigenvalue weighted by Crippen LogP contribution is 2.24. The van der Waals surface area contributed by atoms with Crippen LogP contribution in [-0.4, -0.2) is 30.6 Å². The number of hydrogen-bond donors (Lipinski definition) is 3. The number of ether oxygens (including phenoxy) is 1. The minimum absolute atomic E-state index is 0.138. The van der Waals surface area contributed by atoms with Crippen molar-refractivity contribution in [3.05, 3.63) is 54.1 Å². The standard InChI is InChI=1S/C17H19FN4O3/c1-25-15-10-13(18)2-3-14(15)22-17(24)20-9-6-16(23)21-11-12-4-7-19-8-5-12/h2-5,7-8,10H,6,9,11H2,1H3,(H,21,23)(H2,20,22,24). The number of nitrogens with zero attached hydrogens (tertiary/aromatic N) is 1. The van der Waals surface area contributed by atoms with Crippen molar-refractivity contribution >= 4 is 17.6 Å². The van der Waals surface area contributed by atoms with E-state index in [0.29, 0.717) is 12.2 Å². The summed E-state index contributed by atoms with van der Waals surface area (Å²) in [5.74, 6) is -0.435. The molecule has 8 heteroatoms. The van der Waals surface area contributed by atoms with Crippen LogP contribution < -0.4 is 20.7 Å². The Balaban J connectivity index is 1.70. The van der Waals surface area contributed by atoms with E-state index < -0.39 is 11.8 Å². The maximum absolute atomic E-state index is 13.1. The Hall–Kier alpha value is -3.16. The van der Waals surface area contributed by atoms with Crippen molar-refractivity contribution < 1.29 is 18.7 Å². The summed E-state index contributed by atoms with van der Waals surface area (Å²) in [4.78, 5) is 27.4. The Bertz CT molecular complexity index is 725. The molecule has 0 saturated carbocycles. The number of methoxy groups -OCH3 is 1. The van der Waals surface area contributed by atoms with Crippen LogP contribution in [0.5, 0.6) is 5.75 Å². The summed E-state index contributed by atoms with van der Waals surface area (Å²) >= 11 is 0. The smallest absolute Gasteiger partial charge is 0.319 e. The first kappa shape index (κ1) is 18.2. The molecule has 0 spiro atoms. The first-order valence-corrected chi connectivity index (χ1v) is 7.62. The zero-order chi connectivity index (χ0) is 18.1. The molecule has 1 heterocycles. The number of halogens is 1. The number of benzene rings is 1. The molecule has 132 valence electrons. The molecule has 3 N–H and O–H groups in total. The Labute approximate surface area is 144 Å². The van der Waals surface area contributed by atoms with Gasteiger partial charge in [-0.25, -0.2) is 9.18 Å². The van der Waals surface area contributed by atoms with Crippen LogP contribution in [0.2, 0.25) is 0 Å². The number of amides is 3. The molecule has 3 amide bonds. The minimum atomic E-state index is -0.508. The predicted molar refractivity (Wildman–Crippen MR) is 90.7 cm³/mol. The molecule has 0 unspecified atom stereocenters. The van der Waals surface area contributed by atoms with E-state index in [1.54, 1.807) is 12.4 Å². The van der Waals surface area contributed by atoms with Crippen molar-refractivity contribution in [2.24, 2.45) is 0 Å². The van der Waals surface area contributed by atoms with Crippen LogP contribution >= 0.6 is 0 Å². The zero-order valence-corrected chi connectivity index (χ0v) is 13.7. The maximum atomic E-state index is 13.1. The third-order valence-corrected chi connectivity index (χ3v) is 3.29. The number of anilines is 1. The second-order valence-corrected chi connectivity index (χ2v) is 5.11. The van der Waals surface area contributed by atoms with Gasteiger partial charge >= 0.3 is 6.03 Å². The summed E-state index contributed by atoms with van der Waals surface area (Å²) < 4.78 is 18.1. The Morgan fingerprint density at radius 3 is 2.64 bits per heavy atom. The van der Waals surface area contributed by atoms with Gasteiger partial charge in [0.25, 0.3) is 0 Å². The lowest BCUT2D eigenvalue weighted by molar-refractivity contribution is -0.121. The SMILES string of the molecule is COc1cc(F)ccc1NC(=O)NCCC(=O)NCc1ccncc1. The van der Waals surface area contributed by atoms with Gasteiger partial charge in [-0.3, -0.25) is 9.78 Å². The molecule has 0 saturated heterocycles. The van der Waals surface area contributed by atoms with Gasteiger partial charge in [-0.15, -0.1) is 0 Å². The number of pyridine rings is 1. The van der Waals surface area contributed by atoms with Gasteiger partial charge in [-0.1, -0.05) is 0 Å². The molecule has 25 heavy (non-hydrogen) atoms. The van der Waals surface area contributed by atoms with E-state index in [9.17, 15) is 14.0 Å². The van der Waals surface area contributed by atoms with Crippen LogP contribution in [-0.2, 0) is 11.3 Å². The normalized spacial score (nSPS) is 10.0. The van der Waals surface area contributed by atoms with Gasteiger partial charge in [0.1, 0.15) is 11.6 Å². The summed E-state index contributed by atoms with van der Waals surface area (Å²) in [6, 6.07) is 6.89. The molecular formula is C17H19FN4O3. The largest absolute Gasteiger partial charge is 0.494 e.